The van der Waals surface area contributed by atoms with Gasteiger partial charge in [-0.15, -0.1) is 0 Å². The molecule has 0 spiro atoms. The molecule has 1 aromatic carbocycles. The van der Waals surface area contributed by atoms with E-state index >= 15 is 0 Å². The van der Waals surface area contributed by atoms with Crippen LogP contribution in [0.15, 0.2) is 61.1 Å². The number of benzene rings is 1. The molecule has 0 unspecified atom stereocenters. The summed E-state index contributed by atoms with van der Waals surface area (Å²) in [5, 5.41) is 20.3. The molecule has 3 aromatic rings. The van der Waals surface area contributed by atoms with Gasteiger partial charge in [-0.1, -0.05) is 18.2 Å². The molecular weight excluding hydrogens is 354 g/mol. The molecule has 2 aromatic heterocycles. The second-order valence-corrected chi connectivity index (χ2v) is 7.08. The molecular formula is C21H23N5O2. The Labute approximate surface area is 163 Å². The zero-order chi connectivity index (χ0) is 19.3. The van der Waals surface area contributed by atoms with Crippen LogP contribution in [-0.2, 0) is 6.54 Å². The first-order valence-corrected chi connectivity index (χ1v) is 9.39. The van der Waals surface area contributed by atoms with Crippen molar-refractivity contribution in [2.24, 2.45) is 0 Å². The van der Waals surface area contributed by atoms with E-state index in [-0.39, 0.29) is 11.9 Å². The summed E-state index contributed by atoms with van der Waals surface area (Å²) in [4.78, 5) is 18.9. The number of aliphatic hydroxyl groups is 1. The summed E-state index contributed by atoms with van der Waals surface area (Å²) in [6.45, 7) is 2.09. The average Bonchev–Trinajstić information content (AvgIpc) is 3.26. The normalized spacial score (nSPS) is 20.0. The standard InChI is InChI=1S/C21H23N5O2/c27-20-14-26(13-15-2-1-9-22-12-15)11-8-19(20)24-21(28)17-5-3-16(4-6-17)18-7-10-23-25-18/h1-7,9-10,12,19-20,27H,8,11,13-14H2,(H,23,25)(H,24,28)/t19-,20-/m1/s1. The molecule has 28 heavy (non-hydrogen) atoms. The Morgan fingerprint density at radius 3 is 2.75 bits per heavy atom. The van der Waals surface area contributed by atoms with Gasteiger partial charge in [-0.2, -0.15) is 5.10 Å². The van der Waals surface area contributed by atoms with Gasteiger partial charge in [0.1, 0.15) is 0 Å². The molecule has 1 aliphatic rings. The van der Waals surface area contributed by atoms with Crippen molar-refractivity contribution in [1.82, 2.24) is 25.4 Å². The van der Waals surface area contributed by atoms with Gasteiger partial charge >= 0.3 is 0 Å². The van der Waals surface area contributed by atoms with Gasteiger partial charge in [-0.05, 0) is 41.8 Å². The van der Waals surface area contributed by atoms with Crippen LogP contribution in [0.3, 0.4) is 0 Å². The van der Waals surface area contributed by atoms with E-state index in [4.69, 9.17) is 0 Å². The van der Waals surface area contributed by atoms with Gasteiger partial charge in [-0.3, -0.25) is 19.8 Å². The van der Waals surface area contributed by atoms with E-state index < -0.39 is 6.10 Å². The molecule has 7 nitrogen and oxygen atoms in total. The Hall–Kier alpha value is -3.03. The lowest BCUT2D eigenvalue weighted by molar-refractivity contribution is 0.0349. The van der Waals surface area contributed by atoms with Crippen molar-refractivity contribution in [1.29, 1.82) is 0 Å². The van der Waals surface area contributed by atoms with Crippen molar-refractivity contribution in [3.05, 3.63) is 72.2 Å². The molecule has 7 heteroatoms. The first-order valence-electron chi connectivity index (χ1n) is 9.39. The molecule has 4 rings (SSSR count). The van der Waals surface area contributed by atoms with E-state index in [1.807, 2.05) is 36.5 Å². The lowest BCUT2D eigenvalue weighted by Crippen LogP contribution is -2.53. The van der Waals surface area contributed by atoms with E-state index in [9.17, 15) is 9.90 Å². The second kappa shape index (κ2) is 8.33. The third-order valence-corrected chi connectivity index (χ3v) is 5.07. The van der Waals surface area contributed by atoms with Crippen LogP contribution in [0, 0.1) is 0 Å². The number of amides is 1. The number of nitrogens with zero attached hydrogens (tertiary/aromatic N) is 3. The van der Waals surface area contributed by atoms with E-state index in [0.717, 1.165) is 29.9 Å². The molecule has 1 amide bonds. The SMILES string of the molecule is O=C(N[C@@H]1CCN(Cc2cccnc2)C[C@H]1O)c1ccc(-c2ccn[nH]2)cc1. The van der Waals surface area contributed by atoms with Gasteiger partial charge in [-0.25, -0.2) is 0 Å². The molecule has 1 fully saturated rings. The van der Waals surface area contributed by atoms with E-state index in [0.29, 0.717) is 18.5 Å². The van der Waals surface area contributed by atoms with Crippen molar-refractivity contribution in [2.75, 3.05) is 13.1 Å². The highest BCUT2D eigenvalue weighted by molar-refractivity contribution is 5.94. The number of β-amino-alcohol motifs (C(OH)–C–C–N with tert-alkyl or cyclic N) is 1. The number of aromatic amines is 1. The number of nitrogens with one attached hydrogen (secondary N) is 2. The fraction of sp³-hybridized carbons (Fsp3) is 0.286. The fourth-order valence-corrected chi connectivity index (χ4v) is 3.53. The van der Waals surface area contributed by atoms with E-state index in [1.165, 1.54) is 0 Å². The Morgan fingerprint density at radius 1 is 1.21 bits per heavy atom. The second-order valence-electron chi connectivity index (χ2n) is 7.08. The number of carbonyl (C=O) groups is 1. The Balaban J connectivity index is 1.32. The van der Waals surface area contributed by atoms with Crippen LogP contribution in [0.4, 0.5) is 0 Å². The lowest BCUT2D eigenvalue weighted by atomic mass is 10.0. The van der Waals surface area contributed by atoms with Crippen LogP contribution < -0.4 is 5.32 Å². The maximum atomic E-state index is 12.6. The lowest BCUT2D eigenvalue weighted by Gasteiger charge is -2.36. The van der Waals surface area contributed by atoms with Gasteiger partial charge in [0, 0.05) is 43.8 Å². The van der Waals surface area contributed by atoms with Gasteiger partial charge in [0.25, 0.3) is 5.91 Å². The van der Waals surface area contributed by atoms with Crippen LogP contribution in [0.5, 0.6) is 0 Å². The number of H-pyrrole nitrogens is 1. The van der Waals surface area contributed by atoms with Gasteiger partial charge in [0.2, 0.25) is 0 Å². The van der Waals surface area contributed by atoms with Crippen LogP contribution in [0.25, 0.3) is 11.3 Å². The molecule has 0 bridgehead atoms. The van der Waals surface area contributed by atoms with Crippen molar-refractivity contribution in [3.63, 3.8) is 0 Å². The Kier molecular flexibility index (Phi) is 5.45. The molecule has 1 aliphatic heterocycles. The number of hydrogen-bond donors (Lipinski definition) is 3. The van der Waals surface area contributed by atoms with Crippen molar-refractivity contribution in [2.45, 2.75) is 25.1 Å². The third-order valence-electron chi connectivity index (χ3n) is 5.07. The number of aliphatic hydroxyl groups excluding tert-OH is 1. The number of rotatable bonds is 5. The monoisotopic (exact) mass is 377 g/mol. The minimum atomic E-state index is -0.598. The summed E-state index contributed by atoms with van der Waals surface area (Å²) in [6.07, 6.45) is 5.39. The largest absolute Gasteiger partial charge is 0.390 e. The minimum absolute atomic E-state index is 0.166. The maximum Gasteiger partial charge on any atom is 0.251 e. The predicted molar refractivity (Wildman–Crippen MR) is 105 cm³/mol. The van der Waals surface area contributed by atoms with Gasteiger partial charge in [0.15, 0.2) is 0 Å². The number of carbonyl (C=O) groups excluding carboxylic acids is 1. The number of hydrogen-bond acceptors (Lipinski definition) is 5. The molecule has 3 N–H and O–H groups in total. The zero-order valence-corrected chi connectivity index (χ0v) is 15.5. The Bertz CT molecular complexity index is 896. The topological polar surface area (TPSA) is 94.1 Å². The Morgan fingerprint density at radius 2 is 2.07 bits per heavy atom. The molecule has 144 valence electrons. The summed E-state index contributed by atoms with van der Waals surface area (Å²) in [5.74, 6) is -0.166. The van der Waals surface area contributed by atoms with E-state index in [1.54, 1.807) is 24.5 Å². The van der Waals surface area contributed by atoms with Crippen molar-refractivity contribution < 1.29 is 9.90 Å². The van der Waals surface area contributed by atoms with Crippen LogP contribution in [0.1, 0.15) is 22.3 Å². The van der Waals surface area contributed by atoms with Crippen LogP contribution >= 0.6 is 0 Å². The molecule has 3 heterocycles. The van der Waals surface area contributed by atoms with Crippen LogP contribution in [-0.4, -0.2) is 56.3 Å². The quantitative estimate of drug-likeness (QED) is 0.631. The van der Waals surface area contributed by atoms with Gasteiger partial charge < -0.3 is 10.4 Å². The predicted octanol–water partition coefficient (Wildman–Crippen LogP) is 1.84. The minimum Gasteiger partial charge on any atom is -0.390 e. The first-order chi connectivity index (χ1) is 13.7. The van der Waals surface area contributed by atoms with Crippen molar-refractivity contribution >= 4 is 5.91 Å². The van der Waals surface area contributed by atoms with Crippen molar-refractivity contribution in [3.8, 4) is 11.3 Å². The smallest absolute Gasteiger partial charge is 0.251 e. The molecule has 1 saturated heterocycles. The molecule has 0 saturated carbocycles. The zero-order valence-electron chi connectivity index (χ0n) is 15.5. The molecule has 0 radical (unpaired) electrons. The first kappa shape index (κ1) is 18.3. The third kappa shape index (κ3) is 4.27. The van der Waals surface area contributed by atoms with Crippen LogP contribution in [0.2, 0.25) is 0 Å². The summed E-state index contributed by atoms with van der Waals surface area (Å²) < 4.78 is 0. The number of pyridine rings is 1. The number of aromatic nitrogens is 3. The highest BCUT2D eigenvalue weighted by Crippen LogP contribution is 2.18. The molecule has 2 atom stereocenters. The van der Waals surface area contributed by atoms with E-state index in [2.05, 4.69) is 25.4 Å². The molecule has 0 aliphatic carbocycles. The summed E-state index contributed by atoms with van der Waals surface area (Å²) in [5.41, 5.74) is 3.57. The highest BCUT2D eigenvalue weighted by Gasteiger charge is 2.29. The maximum absolute atomic E-state index is 12.6. The summed E-state index contributed by atoms with van der Waals surface area (Å²) in [6, 6.07) is 12.9. The highest BCUT2D eigenvalue weighted by atomic mass is 16.3. The number of likely N-dealkylation sites (tertiary alicyclic amines) is 1. The average molecular weight is 377 g/mol. The fourth-order valence-electron chi connectivity index (χ4n) is 3.53. The van der Waals surface area contributed by atoms with Gasteiger partial charge in [0.05, 0.1) is 17.8 Å². The summed E-state index contributed by atoms with van der Waals surface area (Å²) >= 11 is 0. The summed E-state index contributed by atoms with van der Waals surface area (Å²) in [7, 11) is 0. The number of piperidine rings is 1.